The molecule has 0 aliphatic heterocycles. The van der Waals surface area contributed by atoms with E-state index >= 15 is 0 Å². The molecule has 2 aromatic heterocycles. The zero-order valence-electron chi connectivity index (χ0n) is 15.9. The minimum absolute atomic E-state index is 0.000717. The smallest absolute Gasteiger partial charge is 0.294 e. The third-order valence-electron chi connectivity index (χ3n) is 4.46. The second kappa shape index (κ2) is 8.66. The molecule has 0 saturated heterocycles. The van der Waals surface area contributed by atoms with Gasteiger partial charge in [0.2, 0.25) is 14.9 Å². The van der Waals surface area contributed by atoms with Gasteiger partial charge in [0.15, 0.2) is 5.76 Å². The highest BCUT2D eigenvalue weighted by atomic mass is 35.5. The Morgan fingerprint density at radius 1 is 1.00 bits per heavy atom. The van der Waals surface area contributed by atoms with Crippen molar-refractivity contribution in [1.29, 1.82) is 0 Å². The lowest BCUT2D eigenvalue weighted by Crippen LogP contribution is -2.29. The summed E-state index contributed by atoms with van der Waals surface area (Å²) in [4.78, 5) is 15.5. The first-order valence-corrected chi connectivity index (χ1v) is 11.8. The van der Waals surface area contributed by atoms with Crippen LogP contribution in [0.1, 0.15) is 15.4 Å². The van der Waals surface area contributed by atoms with Crippen molar-refractivity contribution >= 4 is 44.4 Å². The number of carbonyl (C=O) groups is 1. The number of furan rings is 1. The van der Waals surface area contributed by atoms with Gasteiger partial charge in [-0.25, -0.2) is 12.8 Å². The number of hydrogen-bond acceptors (Lipinski definition) is 5. The van der Waals surface area contributed by atoms with Crippen molar-refractivity contribution in [1.82, 2.24) is 0 Å². The highest BCUT2D eigenvalue weighted by Gasteiger charge is 2.26. The molecular weight excluding hydrogens is 461 g/mol. The molecule has 0 aliphatic carbocycles. The summed E-state index contributed by atoms with van der Waals surface area (Å²) in [7, 11) is -3.96. The maximum Gasteiger partial charge on any atom is 0.294 e. The molecule has 0 bridgehead atoms. The lowest BCUT2D eigenvalue weighted by atomic mass is 10.2. The number of sulfone groups is 1. The van der Waals surface area contributed by atoms with E-state index in [1.807, 2.05) is 17.5 Å². The van der Waals surface area contributed by atoms with Crippen LogP contribution < -0.4 is 4.90 Å². The normalized spacial score (nSPS) is 11.4. The first kappa shape index (κ1) is 21.3. The van der Waals surface area contributed by atoms with E-state index in [2.05, 4.69) is 0 Å². The number of hydrogen-bond donors (Lipinski definition) is 0. The summed E-state index contributed by atoms with van der Waals surface area (Å²) in [5, 5.41) is 1.93. The Morgan fingerprint density at radius 3 is 2.35 bits per heavy atom. The average molecular weight is 476 g/mol. The van der Waals surface area contributed by atoms with Gasteiger partial charge in [-0.2, -0.15) is 0 Å². The van der Waals surface area contributed by atoms with E-state index in [1.54, 1.807) is 0 Å². The number of thiophene rings is 1. The van der Waals surface area contributed by atoms with Gasteiger partial charge in [-0.1, -0.05) is 17.7 Å². The maximum atomic E-state index is 13.4. The number of nitrogens with zero attached hydrogens (tertiary/aromatic N) is 1. The second-order valence-electron chi connectivity index (χ2n) is 6.52. The van der Waals surface area contributed by atoms with Gasteiger partial charge < -0.3 is 9.32 Å². The second-order valence-corrected chi connectivity index (χ2v) is 9.87. The average Bonchev–Trinajstić information content (AvgIpc) is 3.45. The van der Waals surface area contributed by atoms with E-state index < -0.39 is 21.6 Å². The molecule has 0 atom stereocenters. The van der Waals surface area contributed by atoms with Gasteiger partial charge in [-0.15, -0.1) is 11.3 Å². The Hall–Kier alpha value is -2.94. The highest BCUT2D eigenvalue weighted by Crippen LogP contribution is 2.27. The van der Waals surface area contributed by atoms with Crippen molar-refractivity contribution in [2.45, 2.75) is 16.5 Å². The number of carbonyl (C=O) groups excluding carboxylic acids is 1. The van der Waals surface area contributed by atoms with E-state index in [1.165, 1.54) is 76.9 Å². The molecule has 4 aromatic rings. The molecular formula is C22H15ClFNO4S2. The van der Waals surface area contributed by atoms with E-state index in [0.717, 1.165) is 4.88 Å². The third kappa shape index (κ3) is 4.56. The van der Waals surface area contributed by atoms with Gasteiger partial charge >= 0.3 is 0 Å². The van der Waals surface area contributed by atoms with Crippen molar-refractivity contribution in [2.24, 2.45) is 0 Å². The first-order chi connectivity index (χ1) is 14.8. The molecule has 1 amide bonds. The molecule has 2 heterocycles. The maximum absolute atomic E-state index is 13.4. The molecule has 0 spiro atoms. The zero-order valence-corrected chi connectivity index (χ0v) is 18.3. The summed E-state index contributed by atoms with van der Waals surface area (Å²) in [6, 6.07) is 17.4. The Kier molecular flexibility index (Phi) is 5.95. The van der Waals surface area contributed by atoms with Crippen molar-refractivity contribution in [2.75, 3.05) is 4.90 Å². The number of halogens is 2. The quantitative estimate of drug-likeness (QED) is 0.352. The molecule has 158 valence electrons. The van der Waals surface area contributed by atoms with Gasteiger partial charge in [-0.05, 0) is 72.1 Å². The van der Waals surface area contributed by atoms with Gasteiger partial charge in [0.25, 0.3) is 5.91 Å². The van der Waals surface area contributed by atoms with Crippen molar-refractivity contribution in [3.05, 3.63) is 99.7 Å². The standard InChI is InChI=1S/C22H15ClFNO4S2/c23-15-3-9-19(10-4-15)31(27,28)21-12-11-20(29-21)22(26)25(14-18-2-1-13-30-18)17-7-5-16(24)6-8-17/h1-13H,14H2. The molecule has 4 rings (SSSR count). The lowest BCUT2D eigenvalue weighted by molar-refractivity contribution is 0.0953. The number of amides is 1. The summed E-state index contributed by atoms with van der Waals surface area (Å²) in [5.74, 6) is -1.12. The van der Waals surface area contributed by atoms with E-state index in [4.69, 9.17) is 16.0 Å². The zero-order chi connectivity index (χ0) is 22.0. The summed E-state index contributed by atoms with van der Waals surface area (Å²) in [5.41, 5.74) is 0.457. The van der Waals surface area contributed by atoms with E-state index in [0.29, 0.717) is 10.7 Å². The van der Waals surface area contributed by atoms with Crippen LogP contribution in [-0.2, 0) is 16.4 Å². The monoisotopic (exact) mass is 475 g/mol. The Morgan fingerprint density at radius 2 is 1.71 bits per heavy atom. The molecule has 0 fully saturated rings. The highest BCUT2D eigenvalue weighted by molar-refractivity contribution is 7.91. The summed E-state index contributed by atoms with van der Waals surface area (Å²) < 4.78 is 44.5. The lowest BCUT2D eigenvalue weighted by Gasteiger charge is -2.21. The van der Waals surface area contributed by atoms with Gasteiger partial charge in [-0.3, -0.25) is 4.79 Å². The van der Waals surface area contributed by atoms with Gasteiger partial charge in [0, 0.05) is 15.6 Å². The molecule has 0 unspecified atom stereocenters. The molecule has 0 N–H and O–H groups in total. The Bertz CT molecular complexity index is 1300. The fourth-order valence-corrected chi connectivity index (χ4v) is 4.89. The van der Waals surface area contributed by atoms with Gasteiger partial charge in [0.05, 0.1) is 11.4 Å². The Balaban J connectivity index is 1.67. The SMILES string of the molecule is O=C(c1ccc(S(=O)(=O)c2ccc(Cl)cc2)o1)N(Cc1cccs1)c1ccc(F)cc1. The predicted molar refractivity (Wildman–Crippen MR) is 117 cm³/mol. The van der Waals surface area contributed by atoms with Crippen LogP contribution in [0.15, 0.2) is 92.6 Å². The molecule has 5 nitrogen and oxygen atoms in total. The number of anilines is 1. The van der Waals surface area contributed by atoms with E-state index in [-0.39, 0.29) is 22.3 Å². The van der Waals surface area contributed by atoms with Crippen molar-refractivity contribution < 1.29 is 22.0 Å². The van der Waals surface area contributed by atoms with Crippen LogP contribution >= 0.6 is 22.9 Å². The van der Waals surface area contributed by atoms with Crippen LogP contribution in [0.2, 0.25) is 5.02 Å². The van der Waals surface area contributed by atoms with Crippen LogP contribution in [0.3, 0.4) is 0 Å². The van der Waals surface area contributed by atoms with Crippen LogP contribution in [0.25, 0.3) is 0 Å². The van der Waals surface area contributed by atoms with Crippen LogP contribution in [0.5, 0.6) is 0 Å². The minimum Gasteiger partial charge on any atom is -0.439 e. The third-order valence-corrected chi connectivity index (χ3v) is 7.21. The summed E-state index contributed by atoms with van der Waals surface area (Å²) in [6.45, 7) is 0.224. The first-order valence-electron chi connectivity index (χ1n) is 9.05. The van der Waals surface area contributed by atoms with E-state index in [9.17, 15) is 17.6 Å². The molecule has 0 radical (unpaired) electrons. The molecule has 31 heavy (non-hydrogen) atoms. The Labute approximate surface area is 187 Å². The fourth-order valence-electron chi connectivity index (χ4n) is 2.90. The largest absolute Gasteiger partial charge is 0.439 e. The summed E-state index contributed by atoms with van der Waals surface area (Å²) >= 11 is 7.29. The number of rotatable bonds is 6. The van der Waals surface area contributed by atoms with Crippen LogP contribution in [-0.4, -0.2) is 14.3 Å². The molecule has 0 aliphatic rings. The molecule has 9 heteroatoms. The van der Waals surface area contributed by atoms with Crippen molar-refractivity contribution in [3.8, 4) is 0 Å². The molecule has 0 saturated carbocycles. The predicted octanol–water partition coefficient (Wildman–Crippen LogP) is 5.81. The topological polar surface area (TPSA) is 67.6 Å². The van der Waals surface area contributed by atoms with Crippen LogP contribution in [0.4, 0.5) is 10.1 Å². The van der Waals surface area contributed by atoms with Crippen LogP contribution in [0, 0.1) is 5.82 Å². The van der Waals surface area contributed by atoms with Gasteiger partial charge in [0.1, 0.15) is 5.82 Å². The number of benzene rings is 2. The van der Waals surface area contributed by atoms with Crippen molar-refractivity contribution in [3.63, 3.8) is 0 Å². The summed E-state index contributed by atoms with van der Waals surface area (Å²) in [6.07, 6.45) is 0. The fraction of sp³-hybridized carbons (Fsp3) is 0.0455. The minimum atomic E-state index is -3.96. The molecule has 2 aromatic carbocycles.